The van der Waals surface area contributed by atoms with E-state index in [4.69, 9.17) is 5.11 Å². The molecule has 5 nitrogen and oxygen atoms in total. The van der Waals surface area contributed by atoms with Gasteiger partial charge in [0.25, 0.3) is 0 Å². The maximum absolute atomic E-state index is 11.7. The van der Waals surface area contributed by atoms with Gasteiger partial charge in [-0.1, -0.05) is 13.8 Å². The van der Waals surface area contributed by atoms with Crippen molar-refractivity contribution in [3.8, 4) is 0 Å². The molecule has 16 heavy (non-hydrogen) atoms. The molecule has 0 bridgehead atoms. The summed E-state index contributed by atoms with van der Waals surface area (Å²) in [5.74, 6) is -0.900. The van der Waals surface area contributed by atoms with E-state index in [-0.39, 0.29) is 17.9 Å². The van der Waals surface area contributed by atoms with Crippen molar-refractivity contribution >= 4 is 11.9 Å². The number of carboxylic acid groups (broad SMARTS) is 1. The van der Waals surface area contributed by atoms with E-state index in [9.17, 15) is 9.59 Å². The lowest BCUT2D eigenvalue weighted by Gasteiger charge is -2.18. The standard InChI is InChI=1S/C11H20N2O3/c1-7(2)6-9(11(15)16)13-10(14)8-4-3-5-12-8/h7-9,12H,3-6H2,1-2H3,(H,13,14)(H,15,16)/t8?,9-/m0/s1. The molecule has 5 heteroatoms. The minimum atomic E-state index is -0.958. The summed E-state index contributed by atoms with van der Waals surface area (Å²) in [5.41, 5.74) is 0. The first-order chi connectivity index (χ1) is 7.50. The van der Waals surface area contributed by atoms with Crippen molar-refractivity contribution in [3.05, 3.63) is 0 Å². The normalized spacial score (nSPS) is 22.1. The topological polar surface area (TPSA) is 78.4 Å². The Bertz CT molecular complexity index is 260. The summed E-state index contributed by atoms with van der Waals surface area (Å²) in [6.45, 7) is 4.71. The zero-order valence-electron chi connectivity index (χ0n) is 9.82. The van der Waals surface area contributed by atoms with Crippen molar-refractivity contribution in [1.82, 2.24) is 10.6 Å². The van der Waals surface area contributed by atoms with Crippen molar-refractivity contribution in [1.29, 1.82) is 0 Å². The Hall–Kier alpha value is -1.10. The Labute approximate surface area is 95.6 Å². The second-order valence-corrected chi connectivity index (χ2v) is 4.68. The van der Waals surface area contributed by atoms with Gasteiger partial charge in [0.1, 0.15) is 6.04 Å². The Balaban J connectivity index is 2.47. The summed E-state index contributed by atoms with van der Waals surface area (Å²) in [5, 5.41) is 14.6. The molecule has 0 saturated carbocycles. The first-order valence-corrected chi connectivity index (χ1v) is 5.77. The Morgan fingerprint density at radius 1 is 1.50 bits per heavy atom. The molecule has 2 atom stereocenters. The van der Waals surface area contributed by atoms with Gasteiger partial charge in [0, 0.05) is 0 Å². The third-order valence-electron chi connectivity index (χ3n) is 2.70. The van der Waals surface area contributed by atoms with Gasteiger partial charge < -0.3 is 15.7 Å². The van der Waals surface area contributed by atoms with Crippen LogP contribution in [0.2, 0.25) is 0 Å². The summed E-state index contributed by atoms with van der Waals surface area (Å²) >= 11 is 0. The maximum Gasteiger partial charge on any atom is 0.326 e. The molecular weight excluding hydrogens is 208 g/mol. The van der Waals surface area contributed by atoms with Crippen molar-refractivity contribution < 1.29 is 14.7 Å². The molecule has 1 rings (SSSR count). The second kappa shape index (κ2) is 5.84. The molecule has 92 valence electrons. The average molecular weight is 228 g/mol. The van der Waals surface area contributed by atoms with Gasteiger partial charge in [-0.2, -0.15) is 0 Å². The van der Waals surface area contributed by atoms with Crippen LogP contribution >= 0.6 is 0 Å². The van der Waals surface area contributed by atoms with Gasteiger partial charge in [0.2, 0.25) is 5.91 Å². The van der Waals surface area contributed by atoms with Crippen LogP contribution in [0.4, 0.5) is 0 Å². The van der Waals surface area contributed by atoms with Crippen LogP contribution in [0.1, 0.15) is 33.1 Å². The van der Waals surface area contributed by atoms with Crippen LogP contribution in [0.3, 0.4) is 0 Å². The van der Waals surface area contributed by atoms with Gasteiger partial charge in [-0.15, -0.1) is 0 Å². The highest BCUT2D eigenvalue weighted by molar-refractivity contribution is 5.87. The minimum Gasteiger partial charge on any atom is -0.480 e. The molecule has 0 aromatic carbocycles. The SMILES string of the molecule is CC(C)C[C@H](NC(=O)C1CCCN1)C(=O)O. The largest absolute Gasteiger partial charge is 0.480 e. The highest BCUT2D eigenvalue weighted by atomic mass is 16.4. The van der Waals surface area contributed by atoms with Crippen LogP contribution in [-0.2, 0) is 9.59 Å². The van der Waals surface area contributed by atoms with Crippen molar-refractivity contribution in [3.63, 3.8) is 0 Å². The lowest BCUT2D eigenvalue weighted by atomic mass is 10.0. The highest BCUT2D eigenvalue weighted by Gasteiger charge is 2.27. The average Bonchev–Trinajstić information content (AvgIpc) is 2.68. The van der Waals surface area contributed by atoms with Gasteiger partial charge in [-0.05, 0) is 31.7 Å². The number of amides is 1. The number of hydrogen-bond donors (Lipinski definition) is 3. The van der Waals surface area contributed by atoms with Crippen LogP contribution in [0.15, 0.2) is 0 Å². The molecule has 0 aliphatic carbocycles. The first kappa shape index (κ1) is 13.0. The zero-order chi connectivity index (χ0) is 12.1. The number of carbonyl (C=O) groups is 2. The van der Waals surface area contributed by atoms with Crippen LogP contribution in [-0.4, -0.2) is 35.6 Å². The van der Waals surface area contributed by atoms with Gasteiger partial charge >= 0.3 is 5.97 Å². The van der Waals surface area contributed by atoms with E-state index in [1.54, 1.807) is 0 Å². The van der Waals surface area contributed by atoms with E-state index >= 15 is 0 Å². The summed E-state index contributed by atoms with van der Waals surface area (Å²) in [6, 6.07) is -0.982. The van der Waals surface area contributed by atoms with E-state index in [0.717, 1.165) is 19.4 Å². The van der Waals surface area contributed by atoms with E-state index in [1.807, 2.05) is 13.8 Å². The van der Waals surface area contributed by atoms with Crippen molar-refractivity contribution in [2.45, 2.75) is 45.2 Å². The molecule has 0 aromatic rings. The number of hydrogen-bond acceptors (Lipinski definition) is 3. The number of carbonyl (C=O) groups excluding carboxylic acids is 1. The Morgan fingerprint density at radius 2 is 2.19 bits per heavy atom. The Kier molecular flexibility index (Phi) is 4.73. The molecule has 0 radical (unpaired) electrons. The predicted molar refractivity (Wildman–Crippen MR) is 60.0 cm³/mol. The molecule has 1 amide bonds. The number of rotatable bonds is 5. The Morgan fingerprint density at radius 3 is 2.62 bits per heavy atom. The van der Waals surface area contributed by atoms with Gasteiger partial charge in [-0.25, -0.2) is 4.79 Å². The van der Waals surface area contributed by atoms with E-state index < -0.39 is 12.0 Å². The maximum atomic E-state index is 11.7. The quantitative estimate of drug-likeness (QED) is 0.634. The van der Waals surface area contributed by atoms with Crippen LogP contribution in [0.5, 0.6) is 0 Å². The number of carboxylic acids is 1. The predicted octanol–water partition coefficient (Wildman–Crippen LogP) is 0.354. The number of aliphatic carboxylic acids is 1. The number of nitrogens with one attached hydrogen (secondary N) is 2. The first-order valence-electron chi connectivity index (χ1n) is 5.77. The summed E-state index contributed by atoms with van der Waals surface area (Å²) in [4.78, 5) is 22.7. The second-order valence-electron chi connectivity index (χ2n) is 4.68. The van der Waals surface area contributed by atoms with E-state index in [1.165, 1.54) is 0 Å². The molecule has 1 aliphatic heterocycles. The molecular formula is C11H20N2O3. The third-order valence-corrected chi connectivity index (χ3v) is 2.70. The fourth-order valence-corrected chi connectivity index (χ4v) is 1.87. The zero-order valence-corrected chi connectivity index (χ0v) is 9.82. The summed E-state index contributed by atoms with van der Waals surface area (Å²) in [7, 11) is 0. The molecule has 0 spiro atoms. The van der Waals surface area contributed by atoms with Gasteiger partial charge in [0.15, 0.2) is 0 Å². The molecule has 1 heterocycles. The summed E-state index contributed by atoms with van der Waals surface area (Å²) in [6.07, 6.45) is 2.23. The summed E-state index contributed by atoms with van der Waals surface area (Å²) < 4.78 is 0. The van der Waals surface area contributed by atoms with E-state index in [2.05, 4.69) is 10.6 Å². The lowest BCUT2D eigenvalue weighted by molar-refractivity contribution is -0.142. The molecule has 1 aliphatic rings. The van der Waals surface area contributed by atoms with Crippen molar-refractivity contribution in [2.24, 2.45) is 5.92 Å². The van der Waals surface area contributed by atoms with E-state index in [0.29, 0.717) is 6.42 Å². The van der Waals surface area contributed by atoms with Crippen LogP contribution in [0.25, 0.3) is 0 Å². The molecule has 3 N–H and O–H groups in total. The smallest absolute Gasteiger partial charge is 0.326 e. The third kappa shape index (κ3) is 3.81. The lowest BCUT2D eigenvalue weighted by Crippen LogP contribution is -2.48. The molecule has 1 unspecified atom stereocenters. The van der Waals surface area contributed by atoms with Gasteiger partial charge in [0.05, 0.1) is 6.04 Å². The fraction of sp³-hybridized carbons (Fsp3) is 0.818. The monoisotopic (exact) mass is 228 g/mol. The fourth-order valence-electron chi connectivity index (χ4n) is 1.87. The molecule has 1 saturated heterocycles. The van der Waals surface area contributed by atoms with Crippen LogP contribution in [0, 0.1) is 5.92 Å². The highest BCUT2D eigenvalue weighted by Crippen LogP contribution is 2.08. The van der Waals surface area contributed by atoms with Gasteiger partial charge in [-0.3, -0.25) is 4.79 Å². The van der Waals surface area contributed by atoms with Crippen molar-refractivity contribution in [2.75, 3.05) is 6.54 Å². The van der Waals surface area contributed by atoms with Crippen LogP contribution < -0.4 is 10.6 Å². The minimum absolute atomic E-state index is 0.189. The molecule has 0 aromatic heterocycles. The molecule has 1 fully saturated rings.